The SMILES string of the molecule is CC(=O)N1CCc2nc([C@@H]3CCN(C(=O)C4[C@@H]5CCCC[C@@H]45)C3)ncc2C1. The van der Waals surface area contributed by atoms with E-state index in [4.69, 9.17) is 4.98 Å². The Balaban J connectivity index is 1.24. The van der Waals surface area contributed by atoms with E-state index in [9.17, 15) is 9.59 Å². The number of carbonyl (C=O) groups excluding carboxylic acids is 2. The predicted molar refractivity (Wildman–Crippen MR) is 99.7 cm³/mol. The molecular formula is C21H28N4O2. The molecule has 0 N–H and O–H groups in total. The molecule has 144 valence electrons. The summed E-state index contributed by atoms with van der Waals surface area (Å²) in [5.74, 6) is 3.30. The average Bonchev–Trinajstić information content (AvgIpc) is 3.21. The van der Waals surface area contributed by atoms with Crippen LogP contribution in [-0.2, 0) is 22.6 Å². The zero-order valence-corrected chi connectivity index (χ0v) is 16.1. The summed E-state index contributed by atoms with van der Waals surface area (Å²) in [6, 6.07) is 0. The Bertz CT molecular complexity index is 767. The fourth-order valence-electron chi connectivity index (χ4n) is 5.54. The van der Waals surface area contributed by atoms with E-state index in [0.717, 1.165) is 49.6 Å². The number of carbonyl (C=O) groups is 2. The monoisotopic (exact) mass is 368 g/mol. The maximum Gasteiger partial charge on any atom is 0.226 e. The second kappa shape index (κ2) is 6.57. The smallest absolute Gasteiger partial charge is 0.226 e. The van der Waals surface area contributed by atoms with E-state index < -0.39 is 0 Å². The number of fused-ring (bicyclic) bond motifs is 2. The van der Waals surface area contributed by atoms with E-state index in [-0.39, 0.29) is 11.8 Å². The average molecular weight is 368 g/mol. The summed E-state index contributed by atoms with van der Waals surface area (Å²) < 4.78 is 0. The molecular weight excluding hydrogens is 340 g/mol. The van der Waals surface area contributed by atoms with Crippen molar-refractivity contribution in [2.45, 2.75) is 57.9 Å². The van der Waals surface area contributed by atoms with E-state index >= 15 is 0 Å². The summed E-state index contributed by atoms with van der Waals surface area (Å²) in [6.07, 6.45) is 8.77. The van der Waals surface area contributed by atoms with Crippen LogP contribution in [0.4, 0.5) is 0 Å². The molecule has 2 aliphatic carbocycles. The number of rotatable bonds is 2. The fraction of sp³-hybridized carbons (Fsp3) is 0.714. The normalized spacial score (nSPS) is 32.0. The lowest BCUT2D eigenvalue weighted by molar-refractivity contribution is -0.132. The van der Waals surface area contributed by atoms with Crippen LogP contribution in [0, 0.1) is 17.8 Å². The first-order valence-electron chi connectivity index (χ1n) is 10.5. The predicted octanol–water partition coefficient (Wildman–Crippen LogP) is 2.13. The van der Waals surface area contributed by atoms with Crippen molar-refractivity contribution in [2.24, 2.45) is 17.8 Å². The zero-order valence-electron chi connectivity index (χ0n) is 16.1. The lowest BCUT2D eigenvalue weighted by atomic mass is 10.0. The highest BCUT2D eigenvalue weighted by atomic mass is 16.2. The van der Waals surface area contributed by atoms with Gasteiger partial charge in [-0.1, -0.05) is 12.8 Å². The third kappa shape index (κ3) is 3.03. The summed E-state index contributed by atoms with van der Waals surface area (Å²) >= 11 is 0. The highest BCUT2D eigenvalue weighted by Gasteiger charge is 2.56. The molecule has 0 unspecified atom stereocenters. The molecule has 1 aromatic heterocycles. The third-order valence-electron chi connectivity index (χ3n) is 7.20. The second-order valence-corrected chi connectivity index (χ2v) is 8.80. The quantitative estimate of drug-likeness (QED) is 0.802. The molecule has 3 atom stereocenters. The minimum atomic E-state index is 0.107. The summed E-state index contributed by atoms with van der Waals surface area (Å²) in [5, 5.41) is 0. The molecule has 3 fully saturated rings. The van der Waals surface area contributed by atoms with Gasteiger partial charge in [0.15, 0.2) is 0 Å². The van der Waals surface area contributed by atoms with Crippen LogP contribution in [0.5, 0.6) is 0 Å². The molecule has 1 aromatic rings. The summed E-state index contributed by atoms with van der Waals surface area (Å²) in [5.41, 5.74) is 2.14. The molecule has 3 heterocycles. The maximum atomic E-state index is 12.9. The number of likely N-dealkylation sites (tertiary alicyclic amines) is 1. The molecule has 2 saturated carbocycles. The molecule has 2 aliphatic heterocycles. The Kier molecular flexibility index (Phi) is 4.17. The number of amides is 2. The minimum Gasteiger partial charge on any atom is -0.342 e. The van der Waals surface area contributed by atoms with Gasteiger partial charge in [0.05, 0.1) is 5.69 Å². The first kappa shape index (κ1) is 17.1. The molecule has 0 bridgehead atoms. The van der Waals surface area contributed by atoms with Crippen molar-refractivity contribution >= 4 is 11.8 Å². The van der Waals surface area contributed by atoms with Gasteiger partial charge in [0.25, 0.3) is 0 Å². The van der Waals surface area contributed by atoms with Crippen molar-refractivity contribution in [3.05, 3.63) is 23.3 Å². The van der Waals surface area contributed by atoms with Crippen LogP contribution in [0.2, 0.25) is 0 Å². The number of aromatic nitrogens is 2. The summed E-state index contributed by atoms with van der Waals surface area (Å²) in [6.45, 7) is 4.58. The van der Waals surface area contributed by atoms with Gasteiger partial charge in [0.1, 0.15) is 5.82 Å². The van der Waals surface area contributed by atoms with E-state index in [1.807, 2.05) is 11.1 Å². The van der Waals surface area contributed by atoms with Crippen molar-refractivity contribution in [1.29, 1.82) is 0 Å². The Morgan fingerprint density at radius 1 is 1.07 bits per heavy atom. The highest BCUT2D eigenvalue weighted by Crippen LogP contribution is 2.56. The zero-order chi connectivity index (χ0) is 18.5. The Hall–Kier alpha value is -1.98. The Labute approximate surface area is 160 Å². The largest absolute Gasteiger partial charge is 0.342 e. The minimum absolute atomic E-state index is 0.107. The number of hydrogen-bond donors (Lipinski definition) is 0. The molecule has 2 amide bonds. The van der Waals surface area contributed by atoms with Crippen LogP contribution >= 0.6 is 0 Å². The van der Waals surface area contributed by atoms with Crippen molar-refractivity contribution in [1.82, 2.24) is 19.8 Å². The fourth-order valence-corrected chi connectivity index (χ4v) is 5.54. The first-order valence-corrected chi connectivity index (χ1v) is 10.5. The Morgan fingerprint density at radius 2 is 1.85 bits per heavy atom. The molecule has 0 spiro atoms. The van der Waals surface area contributed by atoms with Gasteiger partial charge in [-0.2, -0.15) is 0 Å². The van der Waals surface area contributed by atoms with E-state index in [2.05, 4.69) is 9.88 Å². The molecule has 5 rings (SSSR count). The summed E-state index contributed by atoms with van der Waals surface area (Å²) in [7, 11) is 0. The van der Waals surface area contributed by atoms with Gasteiger partial charge in [-0.3, -0.25) is 9.59 Å². The van der Waals surface area contributed by atoms with Gasteiger partial charge in [-0.05, 0) is 31.1 Å². The van der Waals surface area contributed by atoms with Crippen molar-refractivity contribution in [3.63, 3.8) is 0 Å². The first-order chi connectivity index (χ1) is 13.1. The van der Waals surface area contributed by atoms with Crippen LogP contribution in [-0.4, -0.2) is 51.2 Å². The van der Waals surface area contributed by atoms with E-state index in [1.165, 1.54) is 25.7 Å². The van der Waals surface area contributed by atoms with Gasteiger partial charge in [-0.15, -0.1) is 0 Å². The molecule has 27 heavy (non-hydrogen) atoms. The van der Waals surface area contributed by atoms with Crippen molar-refractivity contribution in [3.8, 4) is 0 Å². The molecule has 6 heteroatoms. The van der Waals surface area contributed by atoms with Gasteiger partial charge < -0.3 is 9.80 Å². The lowest BCUT2D eigenvalue weighted by Gasteiger charge is -2.27. The maximum absolute atomic E-state index is 12.9. The van der Waals surface area contributed by atoms with Gasteiger partial charge in [0, 0.05) is 63.1 Å². The number of nitrogens with zero attached hydrogens (tertiary/aromatic N) is 4. The summed E-state index contributed by atoms with van der Waals surface area (Å²) in [4.78, 5) is 37.9. The standard InChI is InChI=1S/C21H28N4O2/c1-13(26)24-9-7-18-15(12-24)10-22-20(23-18)14-6-8-25(11-14)21(27)19-16-4-2-3-5-17(16)19/h10,14,16-17,19H,2-9,11-12H2,1H3/t14-,16-,17-/m1/s1. The van der Waals surface area contributed by atoms with Gasteiger partial charge in [-0.25, -0.2) is 9.97 Å². The van der Waals surface area contributed by atoms with Crippen LogP contribution in [0.3, 0.4) is 0 Å². The lowest BCUT2D eigenvalue weighted by Crippen LogP contribution is -2.35. The number of hydrogen-bond acceptors (Lipinski definition) is 4. The molecule has 4 aliphatic rings. The highest BCUT2D eigenvalue weighted by molar-refractivity contribution is 5.82. The van der Waals surface area contributed by atoms with Crippen LogP contribution in [0.25, 0.3) is 0 Å². The van der Waals surface area contributed by atoms with Crippen molar-refractivity contribution < 1.29 is 9.59 Å². The van der Waals surface area contributed by atoms with Crippen molar-refractivity contribution in [2.75, 3.05) is 19.6 Å². The third-order valence-corrected chi connectivity index (χ3v) is 7.20. The van der Waals surface area contributed by atoms with Crippen LogP contribution < -0.4 is 0 Å². The Morgan fingerprint density at radius 3 is 2.59 bits per heavy atom. The topological polar surface area (TPSA) is 66.4 Å². The molecule has 6 nitrogen and oxygen atoms in total. The second-order valence-electron chi connectivity index (χ2n) is 8.80. The van der Waals surface area contributed by atoms with Gasteiger partial charge >= 0.3 is 0 Å². The molecule has 0 radical (unpaired) electrons. The van der Waals surface area contributed by atoms with E-state index in [1.54, 1.807) is 6.92 Å². The molecule has 0 aromatic carbocycles. The van der Waals surface area contributed by atoms with Crippen LogP contribution in [0.1, 0.15) is 62.0 Å². The van der Waals surface area contributed by atoms with E-state index in [0.29, 0.717) is 30.2 Å². The molecule has 1 saturated heterocycles. The van der Waals surface area contributed by atoms with Crippen LogP contribution in [0.15, 0.2) is 6.20 Å². The van der Waals surface area contributed by atoms with Gasteiger partial charge in [0.2, 0.25) is 11.8 Å².